The van der Waals surface area contributed by atoms with Gasteiger partial charge in [0.15, 0.2) is 0 Å². The fraction of sp³-hybridized carbons (Fsp3) is 0.125. The van der Waals surface area contributed by atoms with Crippen molar-refractivity contribution in [2.24, 2.45) is 0 Å². The maximum Gasteiger partial charge on any atom is 0.327 e. The zero-order valence-electron chi connectivity index (χ0n) is 5.86. The van der Waals surface area contributed by atoms with Gasteiger partial charge in [-0.15, -0.1) is 0 Å². The Morgan fingerprint density at radius 2 is 2.55 bits per heavy atom. The molecule has 0 spiro atoms. The van der Waals surface area contributed by atoms with Crippen LogP contribution >= 0.6 is 0 Å². The highest BCUT2D eigenvalue weighted by atomic mass is 16.4. The van der Waals surface area contributed by atoms with Gasteiger partial charge in [-0.25, -0.2) is 4.79 Å². The number of carboxylic acids is 1. The number of aliphatic carboxylic acids is 1. The average Bonchev–Trinajstić information content (AvgIpc) is 2.39. The molecule has 0 amide bonds. The Labute approximate surface area is 64.0 Å². The Morgan fingerprint density at radius 3 is 3.09 bits per heavy atom. The van der Waals surface area contributed by atoms with Crippen molar-refractivity contribution in [3.63, 3.8) is 0 Å². The summed E-state index contributed by atoms with van der Waals surface area (Å²) in [6.07, 6.45) is 4.73. The summed E-state index contributed by atoms with van der Waals surface area (Å²) in [5.74, 6) is -0.168. The third-order valence-electron chi connectivity index (χ3n) is 1.16. The van der Waals surface area contributed by atoms with Crippen molar-refractivity contribution in [1.29, 1.82) is 0 Å². The first-order chi connectivity index (χ1) is 5.29. The van der Waals surface area contributed by atoms with E-state index in [0.717, 1.165) is 11.8 Å². The monoisotopic (exact) mass is 152 g/mol. The molecule has 1 aromatic rings. The first-order valence-electron chi connectivity index (χ1n) is 3.21. The normalized spacial score (nSPS) is 10.5. The van der Waals surface area contributed by atoms with E-state index < -0.39 is 5.97 Å². The van der Waals surface area contributed by atoms with Crippen LogP contribution in [0.1, 0.15) is 5.76 Å². The third kappa shape index (κ3) is 2.71. The lowest BCUT2D eigenvalue weighted by atomic mass is 10.3. The van der Waals surface area contributed by atoms with E-state index in [1.165, 1.54) is 0 Å². The minimum absolute atomic E-state index is 0.527. The molecule has 0 saturated carbocycles. The van der Waals surface area contributed by atoms with Gasteiger partial charge >= 0.3 is 5.97 Å². The molecule has 1 aromatic heterocycles. The molecule has 1 heterocycles. The van der Waals surface area contributed by atoms with Crippen LogP contribution in [0.4, 0.5) is 0 Å². The smallest absolute Gasteiger partial charge is 0.327 e. The molecule has 11 heavy (non-hydrogen) atoms. The van der Waals surface area contributed by atoms with Crippen LogP contribution in [0.2, 0.25) is 0 Å². The van der Waals surface area contributed by atoms with Crippen LogP contribution in [0.15, 0.2) is 35.0 Å². The number of carboxylic acid groups (broad SMARTS) is 1. The highest BCUT2D eigenvalue weighted by Gasteiger charge is 1.90. The number of furan rings is 1. The minimum Gasteiger partial charge on any atom is -0.478 e. The first kappa shape index (κ1) is 7.60. The summed E-state index contributed by atoms with van der Waals surface area (Å²) in [6.45, 7) is 0. The molecule has 0 radical (unpaired) electrons. The second-order valence-corrected chi connectivity index (χ2v) is 2.02. The zero-order valence-corrected chi connectivity index (χ0v) is 5.86. The topological polar surface area (TPSA) is 50.4 Å². The highest BCUT2D eigenvalue weighted by molar-refractivity contribution is 5.79. The molecule has 0 fully saturated rings. The van der Waals surface area contributed by atoms with Gasteiger partial charge in [0.25, 0.3) is 0 Å². The van der Waals surface area contributed by atoms with Crippen molar-refractivity contribution in [3.8, 4) is 0 Å². The molecule has 0 aliphatic carbocycles. The van der Waals surface area contributed by atoms with Gasteiger partial charge in [0, 0.05) is 12.5 Å². The minimum atomic E-state index is -0.934. The molecule has 1 N–H and O–H groups in total. The van der Waals surface area contributed by atoms with Crippen LogP contribution in [-0.2, 0) is 11.2 Å². The lowest BCUT2D eigenvalue weighted by Gasteiger charge is -1.84. The van der Waals surface area contributed by atoms with Gasteiger partial charge in [0.05, 0.1) is 6.26 Å². The quantitative estimate of drug-likeness (QED) is 0.667. The SMILES string of the molecule is O=C(O)C=CCc1ccco1. The van der Waals surface area contributed by atoms with Crippen LogP contribution in [0.25, 0.3) is 0 Å². The summed E-state index contributed by atoms with van der Waals surface area (Å²) in [4.78, 5) is 10.0. The van der Waals surface area contributed by atoms with Crippen molar-refractivity contribution < 1.29 is 14.3 Å². The summed E-state index contributed by atoms with van der Waals surface area (Å²) in [5.41, 5.74) is 0. The number of hydrogen-bond acceptors (Lipinski definition) is 2. The molecule has 58 valence electrons. The van der Waals surface area contributed by atoms with E-state index in [0.29, 0.717) is 6.42 Å². The van der Waals surface area contributed by atoms with Crippen LogP contribution in [0.3, 0.4) is 0 Å². The summed E-state index contributed by atoms with van der Waals surface area (Å²) < 4.78 is 4.97. The van der Waals surface area contributed by atoms with Crippen molar-refractivity contribution in [1.82, 2.24) is 0 Å². The van der Waals surface area contributed by atoms with Gasteiger partial charge in [0.1, 0.15) is 5.76 Å². The standard InChI is InChI=1S/C8H8O3/c9-8(10)5-1-3-7-4-2-6-11-7/h1-2,4-6H,3H2,(H,9,10). The Bertz CT molecular complexity index is 246. The molecule has 3 nitrogen and oxygen atoms in total. The van der Waals surface area contributed by atoms with Crippen LogP contribution < -0.4 is 0 Å². The van der Waals surface area contributed by atoms with Crippen LogP contribution in [0, 0.1) is 0 Å². The molecule has 0 aliphatic rings. The van der Waals surface area contributed by atoms with Crippen molar-refractivity contribution in [2.75, 3.05) is 0 Å². The number of rotatable bonds is 3. The molecular formula is C8H8O3. The summed E-state index contributed by atoms with van der Waals surface area (Å²) >= 11 is 0. The number of carbonyl (C=O) groups is 1. The van der Waals surface area contributed by atoms with Crippen molar-refractivity contribution >= 4 is 5.97 Å². The van der Waals surface area contributed by atoms with Gasteiger partial charge in [-0.05, 0) is 12.1 Å². The lowest BCUT2D eigenvalue weighted by Crippen LogP contribution is -1.86. The van der Waals surface area contributed by atoms with E-state index in [4.69, 9.17) is 9.52 Å². The third-order valence-corrected chi connectivity index (χ3v) is 1.16. The Balaban J connectivity index is 2.40. The number of allylic oxidation sites excluding steroid dienone is 1. The summed E-state index contributed by atoms with van der Waals surface area (Å²) in [5, 5.41) is 8.22. The predicted molar refractivity (Wildman–Crippen MR) is 39.2 cm³/mol. The highest BCUT2D eigenvalue weighted by Crippen LogP contribution is 2.00. The van der Waals surface area contributed by atoms with E-state index in [1.54, 1.807) is 24.5 Å². The van der Waals surface area contributed by atoms with Crippen LogP contribution in [-0.4, -0.2) is 11.1 Å². The molecule has 0 aromatic carbocycles. The summed E-state index contributed by atoms with van der Waals surface area (Å²) in [6, 6.07) is 3.57. The summed E-state index contributed by atoms with van der Waals surface area (Å²) in [7, 11) is 0. The molecular weight excluding hydrogens is 144 g/mol. The maximum atomic E-state index is 10.0. The molecule has 0 aliphatic heterocycles. The Hall–Kier alpha value is -1.51. The number of hydrogen-bond donors (Lipinski definition) is 1. The van der Waals surface area contributed by atoms with E-state index in [9.17, 15) is 4.79 Å². The van der Waals surface area contributed by atoms with E-state index in [1.807, 2.05) is 0 Å². The molecule has 0 unspecified atom stereocenters. The van der Waals surface area contributed by atoms with Crippen LogP contribution in [0.5, 0.6) is 0 Å². The molecule has 0 bridgehead atoms. The molecule has 1 rings (SSSR count). The van der Waals surface area contributed by atoms with E-state index >= 15 is 0 Å². The van der Waals surface area contributed by atoms with E-state index in [2.05, 4.69) is 0 Å². The Morgan fingerprint density at radius 1 is 1.73 bits per heavy atom. The van der Waals surface area contributed by atoms with Gasteiger partial charge in [-0.2, -0.15) is 0 Å². The van der Waals surface area contributed by atoms with Crippen molar-refractivity contribution in [2.45, 2.75) is 6.42 Å². The second kappa shape index (κ2) is 3.61. The Kier molecular flexibility index (Phi) is 2.49. The van der Waals surface area contributed by atoms with Gasteiger partial charge < -0.3 is 9.52 Å². The first-order valence-corrected chi connectivity index (χ1v) is 3.21. The average molecular weight is 152 g/mol. The van der Waals surface area contributed by atoms with E-state index in [-0.39, 0.29) is 0 Å². The van der Waals surface area contributed by atoms with Crippen molar-refractivity contribution in [3.05, 3.63) is 36.3 Å². The predicted octanol–water partition coefficient (Wildman–Crippen LogP) is 1.46. The molecule has 3 heteroatoms. The van der Waals surface area contributed by atoms with Gasteiger partial charge in [0.2, 0.25) is 0 Å². The lowest BCUT2D eigenvalue weighted by molar-refractivity contribution is -0.131. The second-order valence-electron chi connectivity index (χ2n) is 2.02. The van der Waals surface area contributed by atoms with Gasteiger partial charge in [-0.3, -0.25) is 0 Å². The van der Waals surface area contributed by atoms with Gasteiger partial charge in [-0.1, -0.05) is 6.08 Å². The largest absolute Gasteiger partial charge is 0.478 e. The fourth-order valence-electron chi connectivity index (χ4n) is 0.705. The maximum absolute atomic E-state index is 10.0. The zero-order chi connectivity index (χ0) is 8.10. The molecule has 0 saturated heterocycles. The molecule has 0 atom stereocenters. The fourth-order valence-corrected chi connectivity index (χ4v) is 0.705.